The van der Waals surface area contributed by atoms with Crippen LogP contribution in [0.4, 0.5) is 0 Å². The van der Waals surface area contributed by atoms with E-state index in [0.717, 1.165) is 5.56 Å². The SMILES string of the molecule is CCc1nc(COc2c(Cl)cc(Cl)cc2CN)no1. The molecule has 2 N–H and O–H groups in total. The van der Waals surface area contributed by atoms with Crippen molar-refractivity contribution < 1.29 is 9.26 Å². The average Bonchev–Trinajstić information content (AvgIpc) is 2.84. The molecule has 1 heterocycles. The second kappa shape index (κ2) is 6.23. The summed E-state index contributed by atoms with van der Waals surface area (Å²) >= 11 is 12.0. The van der Waals surface area contributed by atoms with E-state index in [4.69, 9.17) is 38.2 Å². The van der Waals surface area contributed by atoms with Crippen LogP contribution in [0.5, 0.6) is 5.75 Å². The molecule has 5 nitrogen and oxygen atoms in total. The minimum Gasteiger partial charge on any atom is -0.484 e. The lowest BCUT2D eigenvalue weighted by atomic mass is 10.2. The number of rotatable bonds is 5. The molecule has 0 spiro atoms. The van der Waals surface area contributed by atoms with Crippen LogP contribution in [-0.4, -0.2) is 10.1 Å². The average molecular weight is 302 g/mol. The van der Waals surface area contributed by atoms with Crippen LogP contribution in [0.1, 0.15) is 24.2 Å². The smallest absolute Gasteiger partial charge is 0.226 e. The number of ether oxygens (including phenoxy) is 1. The number of hydrogen-bond donors (Lipinski definition) is 1. The van der Waals surface area contributed by atoms with Crippen molar-refractivity contribution >= 4 is 23.2 Å². The van der Waals surface area contributed by atoms with Crippen LogP contribution in [0.2, 0.25) is 10.0 Å². The molecule has 0 atom stereocenters. The summed E-state index contributed by atoms with van der Waals surface area (Å²) in [6.45, 7) is 2.38. The molecule has 0 saturated heterocycles. The first-order valence-electron chi connectivity index (χ1n) is 5.76. The predicted octanol–water partition coefficient (Wildman–Crippen LogP) is 2.98. The van der Waals surface area contributed by atoms with Gasteiger partial charge in [-0.2, -0.15) is 4.98 Å². The third-order valence-corrected chi connectivity index (χ3v) is 2.96. The van der Waals surface area contributed by atoms with E-state index in [0.29, 0.717) is 33.9 Å². The van der Waals surface area contributed by atoms with Crippen molar-refractivity contribution in [1.29, 1.82) is 0 Å². The van der Waals surface area contributed by atoms with Gasteiger partial charge < -0.3 is 15.0 Å². The molecule has 0 amide bonds. The monoisotopic (exact) mass is 301 g/mol. The molecule has 0 saturated carbocycles. The maximum absolute atomic E-state index is 6.08. The highest BCUT2D eigenvalue weighted by molar-refractivity contribution is 6.35. The molecule has 0 bridgehead atoms. The maximum atomic E-state index is 6.08. The van der Waals surface area contributed by atoms with Gasteiger partial charge in [-0.15, -0.1) is 0 Å². The number of aromatic nitrogens is 2. The van der Waals surface area contributed by atoms with Crippen LogP contribution in [0.25, 0.3) is 0 Å². The summed E-state index contributed by atoms with van der Waals surface area (Å²) in [5.41, 5.74) is 6.37. The molecule has 0 aliphatic carbocycles. The van der Waals surface area contributed by atoms with Gasteiger partial charge in [0.25, 0.3) is 0 Å². The highest BCUT2D eigenvalue weighted by Gasteiger charge is 2.12. The Morgan fingerprint density at radius 2 is 2.16 bits per heavy atom. The van der Waals surface area contributed by atoms with Crippen LogP contribution in [-0.2, 0) is 19.6 Å². The first kappa shape index (κ1) is 14.1. The van der Waals surface area contributed by atoms with Gasteiger partial charge in [-0.3, -0.25) is 0 Å². The van der Waals surface area contributed by atoms with E-state index in [9.17, 15) is 0 Å². The Hall–Kier alpha value is -1.30. The summed E-state index contributed by atoms with van der Waals surface area (Å²) in [6.07, 6.45) is 0.683. The van der Waals surface area contributed by atoms with E-state index >= 15 is 0 Å². The first-order valence-corrected chi connectivity index (χ1v) is 6.51. The third-order valence-electron chi connectivity index (χ3n) is 2.46. The number of aryl methyl sites for hydroxylation is 1. The van der Waals surface area contributed by atoms with Crippen molar-refractivity contribution in [2.24, 2.45) is 5.73 Å². The van der Waals surface area contributed by atoms with Gasteiger partial charge in [0.1, 0.15) is 5.75 Å². The molecule has 0 aliphatic heterocycles. The number of halogens is 2. The molecular formula is C12H13Cl2N3O2. The molecule has 19 heavy (non-hydrogen) atoms. The van der Waals surface area contributed by atoms with Crippen molar-refractivity contribution in [2.45, 2.75) is 26.5 Å². The maximum Gasteiger partial charge on any atom is 0.226 e. The summed E-state index contributed by atoms with van der Waals surface area (Å²) in [7, 11) is 0. The van der Waals surface area contributed by atoms with Crippen molar-refractivity contribution in [3.63, 3.8) is 0 Å². The van der Waals surface area contributed by atoms with Gasteiger partial charge in [0, 0.05) is 23.6 Å². The van der Waals surface area contributed by atoms with Gasteiger partial charge in [0.2, 0.25) is 11.7 Å². The fraction of sp³-hybridized carbons (Fsp3) is 0.333. The largest absolute Gasteiger partial charge is 0.484 e. The fourth-order valence-corrected chi connectivity index (χ4v) is 2.15. The molecule has 102 valence electrons. The zero-order chi connectivity index (χ0) is 13.8. The lowest BCUT2D eigenvalue weighted by molar-refractivity contribution is 0.283. The minimum atomic E-state index is 0.165. The molecular weight excluding hydrogens is 289 g/mol. The Kier molecular flexibility index (Phi) is 4.63. The van der Waals surface area contributed by atoms with Crippen LogP contribution < -0.4 is 10.5 Å². The van der Waals surface area contributed by atoms with E-state index < -0.39 is 0 Å². The fourth-order valence-electron chi connectivity index (χ4n) is 1.56. The number of hydrogen-bond acceptors (Lipinski definition) is 5. The molecule has 2 aromatic rings. The normalized spacial score (nSPS) is 10.7. The Morgan fingerprint density at radius 1 is 1.37 bits per heavy atom. The van der Waals surface area contributed by atoms with Crippen LogP contribution >= 0.6 is 23.2 Å². The zero-order valence-electron chi connectivity index (χ0n) is 10.3. The number of nitrogens with zero attached hydrogens (tertiary/aromatic N) is 2. The summed E-state index contributed by atoms with van der Waals surface area (Å²) in [5, 5.41) is 4.72. The van der Waals surface area contributed by atoms with E-state index in [1.54, 1.807) is 12.1 Å². The summed E-state index contributed by atoms with van der Waals surface area (Å²) in [5.74, 6) is 1.53. The van der Waals surface area contributed by atoms with Gasteiger partial charge in [-0.1, -0.05) is 35.3 Å². The summed E-state index contributed by atoms with van der Waals surface area (Å²) < 4.78 is 10.6. The quantitative estimate of drug-likeness (QED) is 0.919. The highest BCUT2D eigenvalue weighted by atomic mass is 35.5. The number of benzene rings is 1. The second-order valence-electron chi connectivity index (χ2n) is 3.83. The van der Waals surface area contributed by atoms with Gasteiger partial charge in [0.15, 0.2) is 6.61 Å². The Morgan fingerprint density at radius 3 is 2.79 bits per heavy atom. The van der Waals surface area contributed by atoms with Gasteiger partial charge >= 0.3 is 0 Å². The predicted molar refractivity (Wildman–Crippen MR) is 72.4 cm³/mol. The van der Waals surface area contributed by atoms with Crippen LogP contribution in [0.3, 0.4) is 0 Å². The molecule has 0 radical (unpaired) electrons. The van der Waals surface area contributed by atoms with Crippen molar-refractivity contribution in [1.82, 2.24) is 10.1 Å². The van der Waals surface area contributed by atoms with Gasteiger partial charge in [-0.05, 0) is 12.1 Å². The molecule has 1 aromatic carbocycles. The third kappa shape index (κ3) is 3.37. The molecule has 2 rings (SSSR count). The van der Waals surface area contributed by atoms with Crippen LogP contribution in [0.15, 0.2) is 16.7 Å². The highest BCUT2D eigenvalue weighted by Crippen LogP contribution is 2.32. The molecule has 0 unspecified atom stereocenters. The standard InChI is InChI=1S/C12H13Cl2N3O2/c1-2-11-16-10(17-19-11)6-18-12-7(5-15)3-8(13)4-9(12)14/h3-4H,2,5-6,15H2,1H3. The molecule has 1 aromatic heterocycles. The van der Waals surface area contributed by atoms with E-state index in [-0.39, 0.29) is 13.2 Å². The lowest BCUT2D eigenvalue weighted by Gasteiger charge is -2.11. The first-order chi connectivity index (χ1) is 9.13. The Bertz CT molecular complexity index is 572. The van der Waals surface area contributed by atoms with Gasteiger partial charge in [-0.25, -0.2) is 0 Å². The van der Waals surface area contributed by atoms with Crippen LogP contribution in [0, 0.1) is 0 Å². The molecule has 0 fully saturated rings. The molecule has 7 heteroatoms. The van der Waals surface area contributed by atoms with Gasteiger partial charge in [0.05, 0.1) is 5.02 Å². The lowest BCUT2D eigenvalue weighted by Crippen LogP contribution is -2.04. The van der Waals surface area contributed by atoms with Crippen molar-refractivity contribution in [3.8, 4) is 5.75 Å². The molecule has 0 aliphatic rings. The number of nitrogens with two attached hydrogens (primary N) is 1. The Balaban J connectivity index is 2.14. The topological polar surface area (TPSA) is 74.2 Å². The van der Waals surface area contributed by atoms with Crippen molar-refractivity contribution in [2.75, 3.05) is 0 Å². The minimum absolute atomic E-state index is 0.165. The summed E-state index contributed by atoms with van der Waals surface area (Å²) in [4.78, 5) is 4.14. The van der Waals surface area contributed by atoms with E-state index in [2.05, 4.69) is 10.1 Å². The van der Waals surface area contributed by atoms with E-state index in [1.165, 1.54) is 0 Å². The van der Waals surface area contributed by atoms with Crippen molar-refractivity contribution in [3.05, 3.63) is 39.5 Å². The zero-order valence-corrected chi connectivity index (χ0v) is 11.8. The van der Waals surface area contributed by atoms with E-state index in [1.807, 2.05) is 6.92 Å². The summed E-state index contributed by atoms with van der Waals surface area (Å²) in [6, 6.07) is 3.32. The second-order valence-corrected chi connectivity index (χ2v) is 4.67. The Labute approximate surface area is 120 Å².